The van der Waals surface area contributed by atoms with Crippen LogP contribution in [0.15, 0.2) is 36.4 Å². The van der Waals surface area contributed by atoms with Gasteiger partial charge in [0.2, 0.25) is 0 Å². The summed E-state index contributed by atoms with van der Waals surface area (Å²) in [5, 5.41) is 0.641. The maximum atomic E-state index is 11.9. The lowest BCUT2D eigenvalue weighted by Crippen LogP contribution is -2.07. The Kier molecular flexibility index (Phi) is 5.53. The summed E-state index contributed by atoms with van der Waals surface area (Å²) in [5.41, 5.74) is 0.868. The Morgan fingerprint density at radius 3 is 2.43 bits per heavy atom. The molecule has 0 amide bonds. The molecular formula is C16H15ClO3S. The van der Waals surface area contributed by atoms with Crippen molar-refractivity contribution in [2.45, 2.75) is 26.4 Å². The highest BCUT2D eigenvalue weighted by molar-refractivity contribution is 7.14. The first-order valence-corrected chi connectivity index (χ1v) is 7.74. The van der Waals surface area contributed by atoms with Crippen molar-refractivity contribution in [2.75, 3.05) is 0 Å². The molecule has 5 heteroatoms. The Bertz CT molecular complexity index is 631. The molecule has 0 aliphatic heterocycles. The third-order valence-corrected chi connectivity index (χ3v) is 4.18. The zero-order chi connectivity index (χ0) is 15.2. The molecular weight excluding hydrogens is 308 g/mol. The highest BCUT2D eigenvalue weighted by Gasteiger charge is 2.12. The highest BCUT2D eigenvalue weighted by atomic mass is 35.5. The van der Waals surface area contributed by atoms with Crippen molar-refractivity contribution >= 4 is 34.7 Å². The fraction of sp³-hybridized carbons (Fsp3) is 0.250. The molecule has 0 aliphatic rings. The van der Waals surface area contributed by atoms with Crippen LogP contribution >= 0.6 is 22.9 Å². The second-order valence-electron chi connectivity index (χ2n) is 4.62. The van der Waals surface area contributed by atoms with Crippen LogP contribution in [-0.4, -0.2) is 11.8 Å². The summed E-state index contributed by atoms with van der Waals surface area (Å²) in [6, 6.07) is 10.8. The SMILES string of the molecule is Cc1ccc(C(=O)CCC(=O)OCc2ccc(Cl)cc2)s1. The Hall–Kier alpha value is -1.65. The number of esters is 1. The van der Waals surface area contributed by atoms with Crippen molar-refractivity contribution in [3.8, 4) is 0 Å². The number of thiophene rings is 1. The number of hydrogen-bond acceptors (Lipinski definition) is 4. The molecule has 0 spiro atoms. The van der Waals surface area contributed by atoms with Crippen molar-refractivity contribution in [3.05, 3.63) is 56.7 Å². The number of ether oxygens (including phenoxy) is 1. The fourth-order valence-corrected chi connectivity index (χ4v) is 2.70. The summed E-state index contributed by atoms with van der Waals surface area (Å²) in [4.78, 5) is 25.3. The number of rotatable bonds is 6. The van der Waals surface area contributed by atoms with E-state index in [9.17, 15) is 9.59 Å². The molecule has 3 nitrogen and oxygen atoms in total. The molecule has 0 aliphatic carbocycles. The zero-order valence-corrected chi connectivity index (χ0v) is 13.2. The van der Waals surface area contributed by atoms with Crippen LogP contribution in [0.1, 0.15) is 33.0 Å². The number of Topliss-reactive ketones (excluding diaryl/α,β-unsaturated/α-hetero) is 1. The van der Waals surface area contributed by atoms with Crippen LogP contribution in [0.2, 0.25) is 5.02 Å². The van der Waals surface area contributed by atoms with E-state index in [1.54, 1.807) is 30.3 Å². The largest absolute Gasteiger partial charge is 0.461 e. The third-order valence-electron chi connectivity index (χ3n) is 2.88. The molecule has 110 valence electrons. The highest BCUT2D eigenvalue weighted by Crippen LogP contribution is 2.17. The maximum absolute atomic E-state index is 11.9. The lowest BCUT2D eigenvalue weighted by molar-refractivity contribution is -0.144. The quantitative estimate of drug-likeness (QED) is 0.584. The van der Waals surface area contributed by atoms with Crippen LogP contribution in [0.4, 0.5) is 0 Å². The van der Waals surface area contributed by atoms with Crippen LogP contribution in [-0.2, 0) is 16.1 Å². The Balaban J connectivity index is 1.74. The lowest BCUT2D eigenvalue weighted by atomic mass is 10.2. The molecule has 0 saturated heterocycles. The molecule has 1 aromatic carbocycles. The van der Waals surface area contributed by atoms with Gasteiger partial charge >= 0.3 is 5.97 Å². The number of hydrogen-bond donors (Lipinski definition) is 0. The summed E-state index contributed by atoms with van der Waals surface area (Å²) in [7, 11) is 0. The lowest BCUT2D eigenvalue weighted by Gasteiger charge is -2.04. The van der Waals surface area contributed by atoms with Crippen LogP contribution in [0, 0.1) is 6.92 Å². The number of carbonyl (C=O) groups is 2. The van der Waals surface area contributed by atoms with Crippen LogP contribution in [0.5, 0.6) is 0 Å². The molecule has 0 unspecified atom stereocenters. The average Bonchev–Trinajstić information content (AvgIpc) is 2.91. The van der Waals surface area contributed by atoms with E-state index in [-0.39, 0.29) is 31.2 Å². The average molecular weight is 323 g/mol. The van der Waals surface area contributed by atoms with Gasteiger partial charge in [-0.25, -0.2) is 0 Å². The van der Waals surface area contributed by atoms with Gasteiger partial charge in [-0.1, -0.05) is 23.7 Å². The van der Waals surface area contributed by atoms with Gasteiger partial charge in [-0.15, -0.1) is 11.3 Å². The van der Waals surface area contributed by atoms with E-state index in [2.05, 4.69) is 0 Å². The minimum absolute atomic E-state index is 0.0171. The minimum atomic E-state index is -0.369. The predicted octanol–water partition coefficient (Wildman–Crippen LogP) is 4.42. The molecule has 21 heavy (non-hydrogen) atoms. The molecule has 0 atom stereocenters. The third kappa shape index (κ3) is 4.99. The van der Waals surface area contributed by atoms with E-state index in [1.807, 2.05) is 13.0 Å². The smallest absolute Gasteiger partial charge is 0.306 e. The molecule has 0 bridgehead atoms. The standard InChI is InChI=1S/C16H15ClO3S/c1-11-2-8-15(21-11)14(18)7-9-16(19)20-10-12-3-5-13(17)6-4-12/h2-6,8H,7,9-10H2,1H3. The molecule has 2 rings (SSSR count). The predicted molar refractivity (Wildman–Crippen MR) is 83.9 cm³/mol. The van der Waals surface area contributed by atoms with E-state index in [4.69, 9.17) is 16.3 Å². The number of aryl methyl sites for hydroxylation is 1. The van der Waals surface area contributed by atoms with Crippen LogP contribution in [0.25, 0.3) is 0 Å². The number of benzene rings is 1. The summed E-state index contributed by atoms with van der Waals surface area (Å²) < 4.78 is 5.13. The number of halogens is 1. The second kappa shape index (κ2) is 7.38. The molecule has 0 fully saturated rings. The summed E-state index contributed by atoms with van der Waals surface area (Å²) in [6.07, 6.45) is 0.281. The van der Waals surface area contributed by atoms with Gasteiger partial charge in [-0.2, -0.15) is 0 Å². The maximum Gasteiger partial charge on any atom is 0.306 e. The Labute approximate surface area is 132 Å². The van der Waals surface area contributed by atoms with Crippen molar-refractivity contribution in [1.29, 1.82) is 0 Å². The van der Waals surface area contributed by atoms with E-state index < -0.39 is 0 Å². The van der Waals surface area contributed by atoms with Gasteiger partial charge in [0, 0.05) is 16.3 Å². The molecule has 1 aromatic heterocycles. The van der Waals surface area contributed by atoms with Crippen molar-refractivity contribution in [1.82, 2.24) is 0 Å². The summed E-state index contributed by atoms with van der Waals surface area (Å²) >= 11 is 7.22. The van der Waals surface area contributed by atoms with Crippen LogP contribution < -0.4 is 0 Å². The van der Waals surface area contributed by atoms with Gasteiger partial charge in [0.05, 0.1) is 11.3 Å². The zero-order valence-electron chi connectivity index (χ0n) is 11.6. The van der Waals surface area contributed by atoms with Gasteiger partial charge in [0.15, 0.2) is 5.78 Å². The van der Waals surface area contributed by atoms with Gasteiger partial charge in [-0.05, 0) is 36.8 Å². The van der Waals surface area contributed by atoms with E-state index in [1.165, 1.54) is 11.3 Å². The second-order valence-corrected chi connectivity index (χ2v) is 6.34. The Morgan fingerprint density at radius 2 is 1.81 bits per heavy atom. The van der Waals surface area contributed by atoms with Crippen molar-refractivity contribution < 1.29 is 14.3 Å². The normalized spacial score (nSPS) is 10.4. The monoisotopic (exact) mass is 322 g/mol. The number of ketones is 1. The molecule has 0 radical (unpaired) electrons. The Morgan fingerprint density at radius 1 is 1.10 bits per heavy atom. The topological polar surface area (TPSA) is 43.4 Å². The molecule has 0 N–H and O–H groups in total. The summed E-state index contributed by atoms with van der Waals surface area (Å²) in [5.74, 6) is -0.386. The molecule has 2 aromatic rings. The minimum Gasteiger partial charge on any atom is -0.461 e. The molecule has 1 heterocycles. The van der Waals surface area contributed by atoms with Gasteiger partial charge in [0.25, 0.3) is 0 Å². The van der Waals surface area contributed by atoms with E-state index >= 15 is 0 Å². The van der Waals surface area contributed by atoms with Gasteiger partial charge < -0.3 is 4.74 Å². The van der Waals surface area contributed by atoms with Crippen molar-refractivity contribution in [3.63, 3.8) is 0 Å². The van der Waals surface area contributed by atoms with Gasteiger partial charge in [0.1, 0.15) is 6.61 Å². The van der Waals surface area contributed by atoms with E-state index in [0.717, 1.165) is 10.4 Å². The van der Waals surface area contributed by atoms with E-state index in [0.29, 0.717) is 9.90 Å². The first-order chi connectivity index (χ1) is 10.0. The molecule has 0 saturated carbocycles. The first-order valence-electron chi connectivity index (χ1n) is 6.54. The first kappa shape index (κ1) is 15.7. The summed E-state index contributed by atoms with van der Waals surface area (Å²) in [6.45, 7) is 2.14. The fourth-order valence-electron chi connectivity index (χ4n) is 1.74. The number of carbonyl (C=O) groups excluding carboxylic acids is 2. The van der Waals surface area contributed by atoms with Gasteiger partial charge in [-0.3, -0.25) is 9.59 Å². The van der Waals surface area contributed by atoms with Crippen LogP contribution in [0.3, 0.4) is 0 Å². The van der Waals surface area contributed by atoms with Crippen molar-refractivity contribution in [2.24, 2.45) is 0 Å².